The minimum atomic E-state index is -0.857. The molecule has 0 spiro atoms. The first-order valence-electron chi connectivity index (χ1n) is 10.4. The second-order valence-electron chi connectivity index (χ2n) is 8.67. The van der Waals surface area contributed by atoms with Gasteiger partial charge in [-0.2, -0.15) is 11.8 Å². The van der Waals surface area contributed by atoms with Crippen LogP contribution in [0.25, 0.3) is 11.0 Å². The van der Waals surface area contributed by atoms with Gasteiger partial charge in [-0.05, 0) is 83.1 Å². The van der Waals surface area contributed by atoms with Crippen LogP contribution in [0.4, 0.5) is 4.79 Å². The maximum Gasteiger partial charge on any atom is 0.408 e. The van der Waals surface area contributed by atoms with Gasteiger partial charge in [0.15, 0.2) is 0 Å². The number of hydrogen-bond donors (Lipinski definition) is 1. The second kappa shape index (κ2) is 9.34. The molecule has 0 aliphatic heterocycles. The Morgan fingerprint density at radius 2 is 1.94 bits per heavy atom. The summed E-state index contributed by atoms with van der Waals surface area (Å²) in [4.78, 5) is 37.4. The highest BCUT2D eigenvalue weighted by atomic mass is 32.2. The molecule has 3 rings (SSSR count). The molecular weight excluding hydrogens is 418 g/mol. The lowest BCUT2D eigenvalue weighted by atomic mass is 10.0. The van der Waals surface area contributed by atoms with E-state index in [1.54, 1.807) is 45.5 Å². The fourth-order valence-corrected chi connectivity index (χ4v) is 4.16. The smallest absolute Gasteiger partial charge is 0.408 e. The maximum atomic E-state index is 12.9. The summed E-state index contributed by atoms with van der Waals surface area (Å²) in [5, 5.41) is 3.49. The van der Waals surface area contributed by atoms with Crippen molar-refractivity contribution in [2.24, 2.45) is 0 Å². The number of fused-ring (bicyclic) bond motifs is 3. The van der Waals surface area contributed by atoms with Crippen LogP contribution in [0.3, 0.4) is 0 Å². The van der Waals surface area contributed by atoms with Crippen LogP contribution < -0.4 is 15.7 Å². The van der Waals surface area contributed by atoms with Crippen molar-refractivity contribution in [3.8, 4) is 5.75 Å². The zero-order valence-electron chi connectivity index (χ0n) is 18.6. The first kappa shape index (κ1) is 23.2. The van der Waals surface area contributed by atoms with Gasteiger partial charge >= 0.3 is 17.7 Å². The summed E-state index contributed by atoms with van der Waals surface area (Å²) in [6.45, 7) is 7.02. The van der Waals surface area contributed by atoms with Crippen LogP contribution in [0.15, 0.2) is 21.3 Å². The summed E-state index contributed by atoms with van der Waals surface area (Å²) < 4.78 is 16.5. The molecule has 2 aromatic rings. The van der Waals surface area contributed by atoms with Crippen LogP contribution in [0.2, 0.25) is 0 Å². The van der Waals surface area contributed by atoms with E-state index in [1.807, 2.05) is 12.3 Å². The average Bonchev–Trinajstić information content (AvgIpc) is 3.17. The van der Waals surface area contributed by atoms with Crippen molar-refractivity contribution in [1.82, 2.24) is 5.32 Å². The zero-order chi connectivity index (χ0) is 22.8. The van der Waals surface area contributed by atoms with Gasteiger partial charge in [0.05, 0.1) is 0 Å². The summed E-state index contributed by atoms with van der Waals surface area (Å²) in [5.41, 5.74) is 1.79. The van der Waals surface area contributed by atoms with Crippen LogP contribution in [0.1, 0.15) is 50.3 Å². The Bertz CT molecular complexity index is 1050. The van der Waals surface area contributed by atoms with Crippen molar-refractivity contribution < 1.29 is 23.5 Å². The molecule has 1 unspecified atom stereocenters. The Hall–Kier alpha value is -2.48. The normalized spacial score (nSPS) is 14.2. The van der Waals surface area contributed by atoms with Crippen molar-refractivity contribution in [3.63, 3.8) is 0 Å². The van der Waals surface area contributed by atoms with Crippen molar-refractivity contribution in [1.29, 1.82) is 0 Å². The van der Waals surface area contributed by atoms with Crippen molar-refractivity contribution in [2.75, 3.05) is 12.0 Å². The third-order valence-corrected chi connectivity index (χ3v) is 5.78. The summed E-state index contributed by atoms with van der Waals surface area (Å²) in [6, 6.07) is 2.69. The van der Waals surface area contributed by atoms with Gasteiger partial charge in [0, 0.05) is 16.5 Å². The number of carbonyl (C=O) groups is 2. The molecule has 1 aliphatic carbocycles. The standard InChI is InChI=1S/C23H29NO6S/c1-13-18(10-9-15-14-7-6-8-16(14)20(25)29-19(13)15)28-21(26)17(11-12-31-5)24-22(27)30-23(2,3)4/h9-10,17H,6-8,11-12H2,1-5H3,(H,24,27). The molecule has 1 aromatic heterocycles. The zero-order valence-corrected chi connectivity index (χ0v) is 19.4. The minimum Gasteiger partial charge on any atom is -0.444 e. The van der Waals surface area contributed by atoms with Crippen LogP contribution in [-0.2, 0) is 22.4 Å². The number of nitrogens with one attached hydrogen (secondary N) is 1. The van der Waals surface area contributed by atoms with E-state index in [2.05, 4.69) is 5.32 Å². The number of ether oxygens (including phenoxy) is 2. The molecule has 1 heterocycles. The average molecular weight is 448 g/mol. The van der Waals surface area contributed by atoms with Gasteiger partial charge in [0.2, 0.25) is 0 Å². The molecule has 0 radical (unpaired) electrons. The van der Waals surface area contributed by atoms with E-state index in [9.17, 15) is 14.4 Å². The van der Waals surface area contributed by atoms with Crippen LogP contribution in [0, 0.1) is 6.92 Å². The van der Waals surface area contributed by atoms with E-state index in [-0.39, 0.29) is 5.63 Å². The number of amides is 1. The molecule has 0 saturated heterocycles. The lowest BCUT2D eigenvalue weighted by Gasteiger charge is -2.23. The molecule has 7 nitrogen and oxygen atoms in total. The lowest BCUT2D eigenvalue weighted by molar-refractivity contribution is -0.136. The fourth-order valence-electron chi connectivity index (χ4n) is 3.69. The molecule has 31 heavy (non-hydrogen) atoms. The first-order valence-corrected chi connectivity index (χ1v) is 11.8. The molecule has 8 heteroatoms. The quantitative estimate of drug-likeness (QED) is 0.404. The molecule has 0 fully saturated rings. The van der Waals surface area contributed by atoms with Gasteiger partial charge in [-0.3, -0.25) is 0 Å². The second-order valence-corrected chi connectivity index (χ2v) is 9.65. The van der Waals surface area contributed by atoms with E-state index in [0.29, 0.717) is 29.1 Å². The number of aryl methyl sites for hydroxylation is 2. The Balaban J connectivity index is 1.84. The topological polar surface area (TPSA) is 94.8 Å². The molecule has 1 aromatic carbocycles. The molecule has 1 atom stereocenters. The molecule has 0 saturated carbocycles. The number of esters is 1. The van der Waals surface area contributed by atoms with Gasteiger partial charge in [-0.1, -0.05) is 0 Å². The molecule has 1 aliphatic rings. The third kappa shape index (κ3) is 5.42. The summed E-state index contributed by atoms with van der Waals surface area (Å²) in [6.07, 6.45) is 4.15. The summed E-state index contributed by atoms with van der Waals surface area (Å²) in [7, 11) is 0. The number of hydrogen-bond acceptors (Lipinski definition) is 7. The van der Waals surface area contributed by atoms with Gasteiger partial charge in [-0.15, -0.1) is 0 Å². The lowest BCUT2D eigenvalue weighted by Crippen LogP contribution is -2.45. The van der Waals surface area contributed by atoms with Crippen molar-refractivity contribution in [2.45, 2.75) is 65.0 Å². The van der Waals surface area contributed by atoms with Gasteiger partial charge in [0.1, 0.15) is 23.0 Å². The Kier molecular flexibility index (Phi) is 6.99. The number of carbonyl (C=O) groups excluding carboxylic acids is 2. The predicted molar refractivity (Wildman–Crippen MR) is 121 cm³/mol. The Morgan fingerprint density at radius 1 is 1.23 bits per heavy atom. The highest BCUT2D eigenvalue weighted by Gasteiger charge is 2.27. The Morgan fingerprint density at radius 3 is 2.61 bits per heavy atom. The minimum absolute atomic E-state index is 0.304. The maximum absolute atomic E-state index is 12.9. The van der Waals surface area contributed by atoms with E-state index in [0.717, 1.165) is 35.8 Å². The first-order chi connectivity index (χ1) is 14.6. The van der Waals surface area contributed by atoms with Crippen molar-refractivity contribution >= 4 is 34.8 Å². The van der Waals surface area contributed by atoms with Crippen LogP contribution >= 0.6 is 11.8 Å². The van der Waals surface area contributed by atoms with E-state index < -0.39 is 23.7 Å². The number of thioether (sulfide) groups is 1. The Labute approximate surface area is 185 Å². The number of benzene rings is 1. The summed E-state index contributed by atoms with van der Waals surface area (Å²) in [5.74, 6) is 0.373. The highest BCUT2D eigenvalue weighted by Crippen LogP contribution is 2.33. The largest absolute Gasteiger partial charge is 0.444 e. The van der Waals surface area contributed by atoms with E-state index >= 15 is 0 Å². The van der Waals surface area contributed by atoms with Gasteiger partial charge in [0.25, 0.3) is 0 Å². The fraction of sp³-hybridized carbons (Fsp3) is 0.522. The summed E-state index contributed by atoms with van der Waals surface area (Å²) >= 11 is 1.56. The number of rotatable bonds is 6. The monoisotopic (exact) mass is 447 g/mol. The molecule has 0 bridgehead atoms. The SMILES string of the molecule is CSCCC(NC(=O)OC(C)(C)C)C(=O)Oc1ccc2c3c(c(=O)oc2c1C)CCC3. The van der Waals surface area contributed by atoms with Gasteiger partial charge < -0.3 is 19.2 Å². The predicted octanol–water partition coefficient (Wildman–Crippen LogP) is 4.14. The van der Waals surface area contributed by atoms with Gasteiger partial charge in [-0.25, -0.2) is 14.4 Å². The third-order valence-electron chi connectivity index (χ3n) is 5.14. The molecule has 1 N–H and O–H groups in total. The molecule has 168 valence electrons. The van der Waals surface area contributed by atoms with E-state index in [1.165, 1.54) is 0 Å². The van der Waals surface area contributed by atoms with E-state index in [4.69, 9.17) is 13.9 Å². The molecular formula is C23H29NO6S. The highest BCUT2D eigenvalue weighted by molar-refractivity contribution is 7.98. The van der Waals surface area contributed by atoms with Crippen LogP contribution in [0.5, 0.6) is 5.75 Å². The van der Waals surface area contributed by atoms with Crippen molar-refractivity contribution in [3.05, 3.63) is 39.2 Å². The molecule has 1 amide bonds. The van der Waals surface area contributed by atoms with Crippen LogP contribution in [-0.4, -0.2) is 35.7 Å². The number of alkyl carbamates (subject to hydrolysis) is 1.